The molecular weight excluding hydrogens is 304 g/mol. The minimum Gasteiger partial charge on any atom is -0.497 e. The Balaban J connectivity index is 2.20. The van der Waals surface area contributed by atoms with E-state index in [4.69, 9.17) is 4.74 Å². The monoisotopic (exact) mass is 318 g/mol. The second kappa shape index (κ2) is 5.42. The van der Waals surface area contributed by atoms with E-state index >= 15 is 0 Å². The minimum absolute atomic E-state index is 0.148. The quantitative estimate of drug-likeness (QED) is 0.531. The van der Waals surface area contributed by atoms with Crippen LogP contribution in [0.1, 0.15) is 5.69 Å². The molecule has 0 aliphatic heterocycles. The van der Waals surface area contributed by atoms with E-state index in [0.717, 1.165) is 5.69 Å². The van der Waals surface area contributed by atoms with Crippen LogP contribution in [0.25, 0.3) is 27.6 Å². The molecule has 0 atom stereocenters. The van der Waals surface area contributed by atoms with Crippen LogP contribution in [0.5, 0.6) is 5.75 Å². The predicted molar refractivity (Wildman–Crippen MR) is 91.7 cm³/mol. The Morgan fingerprint density at radius 1 is 1.04 bits per heavy atom. The zero-order chi connectivity index (χ0) is 16.7. The smallest absolute Gasteiger partial charge is 0.213 e. The molecule has 118 valence electrons. The fraction of sp³-hybridized carbons (Fsp3) is 0.111. The van der Waals surface area contributed by atoms with Crippen LogP contribution in [0.3, 0.4) is 0 Å². The zero-order valence-electron chi connectivity index (χ0n) is 13.2. The molecule has 0 spiro atoms. The summed E-state index contributed by atoms with van der Waals surface area (Å²) in [5, 5.41) is 14.1. The highest BCUT2D eigenvalue weighted by atomic mass is 16.5. The van der Waals surface area contributed by atoms with E-state index in [9.17, 15) is 4.79 Å². The van der Waals surface area contributed by atoms with Gasteiger partial charge in [-0.25, -0.2) is 4.68 Å². The largest absolute Gasteiger partial charge is 0.497 e. The number of rotatable bonds is 2. The summed E-state index contributed by atoms with van der Waals surface area (Å²) in [5.41, 5.74) is 2.15. The molecule has 0 bridgehead atoms. The Bertz CT molecular complexity index is 1120. The van der Waals surface area contributed by atoms with Crippen molar-refractivity contribution in [1.29, 1.82) is 0 Å². The first kappa shape index (κ1) is 14.3. The van der Waals surface area contributed by atoms with Gasteiger partial charge in [0.15, 0.2) is 5.65 Å². The maximum Gasteiger partial charge on any atom is 0.213 e. The maximum absolute atomic E-state index is 12.7. The standard InChI is InChI=1S/C18H14N4O2/c1-11-17(23)16-14-10-13(24-2)8-9-15(14)19-20-18(16)22(21-11)12-6-4-3-5-7-12/h3-10H,1-2H3. The van der Waals surface area contributed by atoms with E-state index in [1.807, 2.05) is 36.4 Å². The number of fused-ring (bicyclic) bond motifs is 3. The third-order valence-electron chi connectivity index (χ3n) is 3.96. The normalized spacial score (nSPS) is 11.1. The van der Waals surface area contributed by atoms with Crippen molar-refractivity contribution in [3.05, 3.63) is 64.4 Å². The van der Waals surface area contributed by atoms with Gasteiger partial charge in [-0.1, -0.05) is 18.2 Å². The van der Waals surface area contributed by atoms with Crippen LogP contribution < -0.4 is 10.2 Å². The van der Waals surface area contributed by atoms with Gasteiger partial charge >= 0.3 is 0 Å². The molecule has 6 nitrogen and oxygen atoms in total. The Morgan fingerprint density at radius 3 is 2.58 bits per heavy atom. The maximum atomic E-state index is 12.7. The Morgan fingerprint density at radius 2 is 1.83 bits per heavy atom. The zero-order valence-corrected chi connectivity index (χ0v) is 13.2. The van der Waals surface area contributed by atoms with Gasteiger partial charge in [0.2, 0.25) is 5.43 Å². The first-order chi connectivity index (χ1) is 11.7. The molecular formula is C18H14N4O2. The van der Waals surface area contributed by atoms with Crippen LogP contribution >= 0.6 is 0 Å². The number of nitrogens with zero attached hydrogens (tertiary/aromatic N) is 4. The summed E-state index contributed by atoms with van der Waals surface area (Å²) in [6.45, 7) is 1.70. The summed E-state index contributed by atoms with van der Waals surface area (Å²) in [4.78, 5) is 12.7. The number of hydrogen-bond acceptors (Lipinski definition) is 5. The molecule has 6 heteroatoms. The number of ether oxygens (including phenoxy) is 1. The summed E-state index contributed by atoms with van der Waals surface area (Å²) in [5.74, 6) is 0.664. The summed E-state index contributed by atoms with van der Waals surface area (Å²) in [7, 11) is 1.59. The van der Waals surface area contributed by atoms with Gasteiger partial charge in [0.05, 0.1) is 23.7 Å². The summed E-state index contributed by atoms with van der Waals surface area (Å²) >= 11 is 0. The second-order valence-electron chi connectivity index (χ2n) is 5.44. The van der Waals surface area contributed by atoms with Gasteiger partial charge in [-0.05, 0) is 37.3 Å². The Hall–Kier alpha value is -3.28. The number of para-hydroxylation sites is 1. The van der Waals surface area contributed by atoms with Crippen LogP contribution in [0.15, 0.2) is 53.3 Å². The topological polar surface area (TPSA) is 69.9 Å². The minimum atomic E-state index is -0.148. The van der Waals surface area contributed by atoms with E-state index in [1.54, 1.807) is 30.8 Å². The highest BCUT2D eigenvalue weighted by Gasteiger charge is 2.15. The molecule has 0 saturated heterocycles. The fourth-order valence-corrected chi connectivity index (χ4v) is 2.75. The fourth-order valence-electron chi connectivity index (χ4n) is 2.75. The SMILES string of the molecule is COc1ccc2nnc3c(c(=O)c(C)nn3-c3ccccc3)c2c1. The van der Waals surface area contributed by atoms with Crippen molar-refractivity contribution < 1.29 is 4.74 Å². The number of methoxy groups -OCH3 is 1. The van der Waals surface area contributed by atoms with Crippen molar-refractivity contribution >= 4 is 21.9 Å². The van der Waals surface area contributed by atoms with Crippen LogP contribution in [-0.4, -0.2) is 27.1 Å². The van der Waals surface area contributed by atoms with Gasteiger partial charge < -0.3 is 4.74 Å². The van der Waals surface area contributed by atoms with E-state index in [-0.39, 0.29) is 5.43 Å². The van der Waals surface area contributed by atoms with Crippen molar-refractivity contribution in [1.82, 2.24) is 20.0 Å². The number of benzene rings is 2. The molecule has 0 N–H and O–H groups in total. The van der Waals surface area contributed by atoms with E-state index in [2.05, 4.69) is 15.3 Å². The summed E-state index contributed by atoms with van der Waals surface area (Å²) in [6, 6.07) is 15.0. The van der Waals surface area contributed by atoms with Crippen molar-refractivity contribution in [2.75, 3.05) is 7.11 Å². The molecule has 0 radical (unpaired) electrons. The molecule has 0 aliphatic rings. The Labute approximate surface area is 137 Å². The van der Waals surface area contributed by atoms with Crippen molar-refractivity contribution in [3.8, 4) is 11.4 Å². The first-order valence-corrected chi connectivity index (χ1v) is 7.48. The lowest BCUT2D eigenvalue weighted by atomic mass is 10.1. The average Bonchev–Trinajstić information content (AvgIpc) is 2.64. The van der Waals surface area contributed by atoms with E-state index in [1.165, 1.54) is 0 Å². The van der Waals surface area contributed by atoms with Gasteiger partial charge in [-0.2, -0.15) is 5.10 Å². The van der Waals surface area contributed by atoms with E-state index < -0.39 is 0 Å². The lowest BCUT2D eigenvalue weighted by Gasteiger charge is -2.11. The van der Waals surface area contributed by atoms with Gasteiger partial charge in [-0.15, -0.1) is 10.2 Å². The lowest BCUT2D eigenvalue weighted by Crippen LogP contribution is -2.17. The van der Waals surface area contributed by atoms with Gasteiger partial charge in [0.25, 0.3) is 0 Å². The molecule has 0 aliphatic carbocycles. The van der Waals surface area contributed by atoms with Crippen molar-refractivity contribution in [2.24, 2.45) is 0 Å². The molecule has 4 aromatic rings. The van der Waals surface area contributed by atoms with Crippen LogP contribution in [0.4, 0.5) is 0 Å². The lowest BCUT2D eigenvalue weighted by molar-refractivity contribution is 0.415. The highest BCUT2D eigenvalue weighted by Crippen LogP contribution is 2.24. The molecule has 0 unspecified atom stereocenters. The van der Waals surface area contributed by atoms with Crippen molar-refractivity contribution in [3.63, 3.8) is 0 Å². The molecule has 2 aromatic carbocycles. The van der Waals surface area contributed by atoms with Crippen molar-refractivity contribution in [2.45, 2.75) is 6.92 Å². The number of aryl methyl sites for hydroxylation is 1. The van der Waals surface area contributed by atoms with Crippen LogP contribution in [0.2, 0.25) is 0 Å². The number of hydrogen-bond donors (Lipinski definition) is 0. The molecule has 2 aromatic heterocycles. The molecule has 24 heavy (non-hydrogen) atoms. The average molecular weight is 318 g/mol. The van der Waals surface area contributed by atoms with Gasteiger partial charge in [0.1, 0.15) is 11.4 Å². The molecule has 0 amide bonds. The van der Waals surface area contributed by atoms with Crippen LogP contribution in [0, 0.1) is 6.92 Å². The molecule has 0 fully saturated rings. The Kier molecular flexibility index (Phi) is 3.23. The summed E-state index contributed by atoms with van der Waals surface area (Å²) < 4.78 is 6.93. The second-order valence-corrected chi connectivity index (χ2v) is 5.44. The predicted octanol–water partition coefficient (Wildman–Crippen LogP) is 2.65. The number of aromatic nitrogens is 4. The van der Waals surface area contributed by atoms with E-state index in [0.29, 0.717) is 33.4 Å². The summed E-state index contributed by atoms with van der Waals surface area (Å²) in [6.07, 6.45) is 0. The molecule has 0 saturated carbocycles. The van der Waals surface area contributed by atoms with Gasteiger partial charge in [0, 0.05) is 5.39 Å². The molecule has 4 rings (SSSR count). The first-order valence-electron chi connectivity index (χ1n) is 7.48. The third-order valence-corrected chi connectivity index (χ3v) is 3.96. The van der Waals surface area contributed by atoms with Gasteiger partial charge in [-0.3, -0.25) is 4.79 Å². The highest BCUT2D eigenvalue weighted by molar-refractivity contribution is 6.03. The third kappa shape index (κ3) is 2.11. The van der Waals surface area contributed by atoms with Crippen LogP contribution in [-0.2, 0) is 0 Å². The molecule has 2 heterocycles.